The molecule has 5 nitrogen and oxygen atoms in total. The van der Waals surface area contributed by atoms with Gasteiger partial charge in [0.15, 0.2) is 0 Å². The monoisotopic (exact) mass is 298 g/mol. The first kappa shape index (κ1) is 16.7. The van der Waals surface area contributed by atoms with Crippen LogP contribution in [-0.2, 0) is 21.2 Å². The Morgan fingerprint density at radius 2 is 1.80 bits per heavy atom. The molecule has 0 aliphatic rings. The van der Waals surface area contributed by atoms with Crippen molar-refractivity contribution in [2.24, 2.45) is 0 Å². The summed E-state index contributed by atoms with van der Waals surface area (Å²) < 4.78 is 26.3. The van der Waals surface area contributed by atoms with E-state index in [9.17, 15) is 13.2 Å². The number of hydrogen-bond donors (Lipinski definition) is 2. The molecular weight excluding hydrogens is 276 g/mol. The predicted octanol–water partition coefficient (Wildman–Crippen LogP) is 1.44. The van der Waals surface area contributed by atoms with Gasteiger partial charge in [-0.1, -0.05) is 19.1 Å². The maximum Gasteiger partial charge on any atom is 0.240 e. The van der Waals surface area contributed by atoms with Crippen LogP contribution in [0.2, 0.25) is 0 Å². The number of sulfonamides is 1. The Morgan fingerprint density at radius 3 is 2.35 bits per heavy atom. The second-order valence-electron chi connectivity index (χ2n) is 4.50. The van der Waals surface area contributed by atoms with E-state index in [1.54, 1.807) is 24.3 Å². The standard InChI is InChI=1S/C14H22N2O3S/c1-3-11-16-20(18,19)13-8-5-12(6-9-13)7-10-14(17)15-4-2/h5-6,8-9,16H,3-4,7,10-11H2,1-2H3,(H,15,17). The van der Waals surface area contributed by atoms with Gasteiger partial charge in [-0.2, -0.15) is 0 Å². The third kappa shape index (κ3) is 5.30. The molecule has 6 heteroatoms. The first-order chi connectivity index (χ1) is 9.49. The molecule has 0 fully saturated rings. The molecule has 0 radical (unpaired) electrons. The van der Waals surface area contributed by atoms with Crippen molar-refractivity contribution in [1.29, 1.82) is 0 Å². The average molecular weight is 298 g/mol. The summed E-state index contributed by atoms with van der Waals surface area (Å²) in [6.07, 6.45) is 1.77. The number of carbonyl (C=O) groups is 1. The van der Waals surface area contributed by atoms with Crippen molar-refractivity contribution in [3.8, 4) is 0 Å². The van der Waals surface area contributed by atoms with Gasteiger partial charge in [-0.15, -0.1) is 0 Å². The lowest BCUT2D eigenvalue weighted by molar-refractivity contribution is -0.120. The average Bonchev–Trinajstić information content (AvgIpc) is 2.44. The van der Waals surface area contributed by atoms with Gasteiger partial charge in [0.2, 0.25) is 15.9 Å². The molecule has 1 aromatic carbocycles. The van der Waals surface area contributed by atoms with Crippen LogP contribution in [0.4, 0.5) is 0 Å². The van der Waals surface area contributed by atoms with Crippen molar-refractivity contribution in [2.75, 3.05) is 13.1 Å². The molecule has 0 unspecified atom stereocenters. The van der Waals surface area contributed by atoms with Crippen LogP contribution in [0.15, 0.2) is 29.2 Å². The minimum atomic E-state index is -3.41. The maximum atomic E-state index is 11.9. The van der Waals surface area contributed by atoms with E-state index in [4.69, 9.17) is 0 Å². The summed E-state index contributed by atoms with van der Waals surface area (Å²) in [5.41, 5.74) is 0.950. The number of hydrogen-bond acceptors (Lipinski definition) is 3. The maximum absolute atomic E-state index is 11.9. The van der Waals surface area contributed by atoms with Crippen molar-refractivity contribution < 1.29 is 13.2 Å². The third-order valence-corrected chi connectivity index (χ3v) is 4.27. The smallest absolute Gasteiger partial charge is 0.240 e. The Labute approximate surface area is 120 Å². The summed E-state index contributed by atoms with van der Waals surface area (Å²) in [5.74, 6) is 0.00816. The van der Waals surface area contributed by atoms with Crippen LogP contribution in [0.5, 0.6) is 0 Å². The Hall–Kier alpha value is -1.40. The molecule has 1 amide bonds. The van der Waals surface area contributed by atoms with Gasteiger partial charge < -0.3 is 5.32 Å². The quantitative estimate of drug-likeness (QED) is 0.762. The minimum Gasteiger partial charge on any atom is -0.356 e. The SMILES string of the molecule is CCCNS(=O)(=O)c1ccc(CCC(=O)NCC)cc1. The highest BCUT2D eigenvalue weighted by Crippen LogP contribution is 2.11. The summed E-state index contributed by atoms with van der Waals surface area (Å²) in [7, 11) is -3.41. The van der Waals surface area contributed by atoms with Crippen LogP contribution < -0.4 is 10.0 Å². The zero-order valence-corrected chi connectivity index (χ0v) is 12.8. The molecule has 0 spiro atoms. The lowest BCUT2D eigenvalue weighted by Crippen LogP contribution is -2.24. The Kier molecular flexibility index (Phi) is 6.67. The molecule has 0 saturated heterocycles. The highest BCUT2D eigenvalue weighted by molar-refractivity contribution is 7.89. The van der Waals surface area contributed by atoms with Crippen molar-refractivity contribution in [1.82, 2.24) is 10.0 Å². The van der Waals surface area contributed by atoms with E-state index in [2.05, 4.69) is 10.0 Å². The van der Waals surface area contributed by atoms with Crippen LogP contribution in [-0.4, -0.2) is 27.4 Å². The minimum absolute atomic E-state index is 0.00816. The summed E-state index contributed by atoms with van der Waals surface area (Å²) >= 11 is 0. The van der Waals surface area contributed by atoms with E-state index >= 15 is 0 Å². The largest absolute Gasteiger partial charge is 0.356 e. The number of amides is 1. The zero-order chi connectivity index (χ0) is 15.0. The van der Waals surface area contributed by atoms with Gasteiger partial charge in [-0.3, -0.25) is 4.79 Å². The third-order valence-electron chi connectivity index (χ3n) is 2.79. The van der Waals surface area contributed by atoms with E-state index < -0.39 is 10.0 Å². The highest BCUT2D eigenvalue weighted by Gasteiger charge is 2.12. The fourth-order valence-corrected chi connectivity index (χ4v) is 2.83. The van der Waals surface area contributed by atoms with Crippen LogP contribution in [0.25, 0.3) is 0 Å². The Morgan fingerprint density at radius 1 is 1.15 bits per heavy atom. The number of aryl methyl sites for hydroxylation is 1. The molecule has 0 atom stereocenters. The molecule has 0 saturated carbocycles. The zero-order valence-electron chi connectivity index (χ0n) is 12.0. The molecule has 112 valence electrons. The van der Waals surface area contributed by atoms with Crippen molar-refractivity contribution in [3.63, 3.8) is 0 Å². The topological polar surface area (TPSA) is 75.3 Å². The van der Waals surface area contributed by atoms with E-state index in [-0.39, 0.29) is 10.8 Å². The molecule has 0 aliphatic heterocycles. The van der Waals surface area contributed by atoms with Crippen LogP contribution >= 0.6 is 0 Å². The molecule has 2 N–H and O–H groups in total. The molecule has 0 bridgehead atoms. The fourth-order valence-electron chi connectivity index (χ4n) is 1.70. The van der Waals surface area contributed by atoms with Gasteiger partial charge in [0.05, 0.1) is 4.90 Å². The summed E-state index contributed by atoms with van der Waals surface area (Å²) in [6.45, 7) is 4.84. The molecule has 0 aliphatic carbocycles. The predicted molar refractivity (Wildman–Crippen MR) is 78.9 cm³/mol. The van der Waals surface area contributed by atoms with E-state index in [0.717, 1.165) is 12.0 Å². The van der Waals surface area contributed by atoms with Crippen LogP contribution in [0, 0.1) is 0 Å². The van der Waals surface area contributed by atoms with Crippen molar-refractivity contribution >= 4 is 15.9 Å². The van der Waals surface area contributed by atoms with Gasteiger partial charge in [0, 0.05) is 19.5 Å². The second kappa shape index (κ2) is 8.01. The molecule has 0 aromatic heterocycles. The summed E-state index contributed by atoms with van der Waals surface area (Å²) in [6, 6.07) is 6.65. The normalized spacial score (nSPS) is 11.3. The molecular formula is C14H22N2O3S. The highest BCUT2D eigenvalue weighted by atomic mass is 32.2. The first-order valence-corrected chi connectivity index (χ1v) is 8.33. The van der Waals surface area contributed by atoms with Gasteiger partial charge in [0.25, 0.3) is 0 Å². The Balaban J connectivity index is 2.62. The van der Waals surface area contributed by atoms with Gasteiger partial charge in [-0.05, 0) is 37.5 Å². The summed E-state index contributed by atoms with van der Waals surface area (Å²) in [5, 5.41) is 2.73. The van der Waals surface area contributed by atoms with Gasteiger partial charge in [0.1, 0.15) is 0 Å². The number of rotatable bonds is 8. The lowest BCUT2D eigenvalue weighted by atomic mass is 10.1. The fraction of sp³-hybridized carbons (Fsp3) is 0.500. The first-order valence-electron chi connectivity index (χ1n) is 6.85. The van der Waals surface area contributed by atoms with Gasteiger partial charge >= 0.3 is 0 Å². The number of carbonyl (C=O) groups excluding carboxylic acids is 1. The molecule has 1 rings (SSSR count). The molecule has 1 aromatic rings. The van der Waals surface area contributed by atoms with Crippen LogP contribution in [0.3, 0.4) is 0 Å². The second-order valence-corrected chi connectivity index (χ2v) is 6.26. The van der Waals surface area contributed by atoms with Crippen molar-refractivity contribution in [2.45, 2.75) is 38.0 Å². The molecule has 20 heavy (non-hydrogen) atoms. The molecule has 0 heterocycles. The van der Waals surface area contributed by atoms with E-state index in [1.165, 1.54) is 0 Å². The van der Waals surface area contributed by atoms with Crippen molar-refractivity contribution in [3.05, 3.63) is 29.8 Å². The van der Waals surface area contributed by atoms with E-state index in [0.29, 0.717) is 25.9 Å². The van der Waals surface area contributed by atoms with Crippen LogP contribution in [0.1, 0.15) is 32.3 Å². The number of benzene rings is 1. The van der Waals surface area contributed by atoms with E-state index in [1.807, 2.05) is 13.8 Å². The summed E-state index contributed by atoms with van der Waals surface area (Å²) in [4.78, 5) is 11.6. The Bertz CT molecular complexity index is 524. The number of nitrogens with one attached hydrogen (secondary N) is 2. The lowest BCUT2D eigenvalue weighted by Gasteiger charge is -2.07. The van der Waals surface area contributed by atoms with Gasteiger partial charge in [-0.25, -0.2) is 13.1 Å².